The fraction of sp³-hybridized carbons (Fsp3) is 0.524. The zero-order chi connectivity index (χ0) is 20.5. The van der Waals surface area contributed by atoms with E-state index in [2.05, 4.69) is 0 Å². The molecule has 1 aliphatic carbocycles. The van der Waals surface area contributed by atoms with Crippen LogP contribution in [0.5, 0.6) is 0 Å². The van der Waals surface area contributed by atoms with Gasteiger partial charge in [-0.05, 0) is 55.0 Å². The van der Waals surface area contributed by atoms with Gasteiger partial charge in [-0.15, -0.1) is 0 Å². The molecule has 158 valence electrons. The van der Waals surface area contributed by atoms with E-state index in [1.807, 2.05) is 12.1 Å². The molecule has 1 aliphatic heterocycles. The van der Waals surface area contributed by atoms with Crippen LogP contribution in [-0.4, -0.2) is 38.7 Å². The van der Waals surface area contributed by atoms with E-state index in [-0.39, 0.29) is 22.9 Å². The number of sulfone groups is 1. The predicted molar refractivity (Wildman–Crippen MR) is 111 cm³/mol. The molecule has 0 N–H and O–H groups in total. The molecule has 1 aromatic heterocycles. The minimum absolute atomic E-state index is 0.0163. The molecule has 0 radical (unpaired) electrons. The quantitative estimate of drug-likeness (QED) is 0.688. The highest BCUT2D eigenvalue weighted by Gasteiger charge is 2.39. The van der Waals surface area contributed by atoms with E-state index in [4.69, 9.17) is 4.42 Å². The van der Waals surface area contributed by atoms with Gasteiger partial charge < -0.3 is 4.42 Å². The van der Waals surface area contributed by atoms with Crippen LogP contribution < -0.4 is 0 Å². The molecule has 29 heavy (non-hydrogen) atoms. The van der Waals surface area contributed by atoms with Crippen LogP contribution in [0, 0.1) is 0 Å². The average Bonchev–Trinajstić information content (AvgIpc) is 3.36. The first-order valence-electron chi connectivity index (χ1n) is 10.2. The zero-order valence-corrected chi connectivity index (χ0v) is 18.0. The van der Waals surface area contributed by atoms with Gasteiger partial charge in [-0.25, -0.2) is 16.8 Å². The SMILES string of the molecule is O=S1(=O)CC[C@H](N(Cc2ccco2)S(=O)(=O)c2ccc(C3CCCCC3)cc2)C1. The van der Waals surface area contributed by atoms with Gasteiger partial charge in [0, 0.05) is 6.04 Å². The second kappa shape index (κ2) is 8.24. The molecule has 1 saturated carbocycles. The molecule has 2 aromatic rings. The molecule has 2 aliphatic rings. The topological polar surface area (TPSA) is 84.7 Å². The summed E-state index contributed by atoms with van der Waals surface area (Å²) in [5.41, 5.74) is 1.18. The van der Waals surface area contributed by atoms with Crippen molar-refractivity contribution in [2.75, 3.05) is 11.5 Å². The van der Waals surface area contributed by atoms with Crippen LogP contribution in [0.2, 0.25) is 0 Å². The molecule has 0 spiro atoms. The van der Waals surface area contributed by atoms with Gasteiger partial charge in [0.25, 0.3) is 0 Å². The van der Waals surface area contributed by atoms with Crippen LogP contribution in [0.15, 0.2) is 52.0 Å². The van der Waals surface area contributed by atoms with Crippen molar-refractivity contribution in [1.82, 2.24) is 4.31 Å². The number of benzene rings is 1. The minimum Gasteiger partial charge on any atom is -0.468 e. The summed E-state index contributed by atoms with van der Waals surface area (Å²) < 4.78 is 57.5. The summed E-state index contributed by atoms with van der Waals surface area (Å²) in [6.45, 7) is 0.0277. The maximum Gasteiger partial charge on any atom is 0.243 e. The third kappa shape index (κ3) is 4.59. The first-order chi connectivity index (χ1) is 13.9. The number of hydrogen-bond donors (Lipinski definition) is 0. The van der Waals surface area contributed by atoms with Crippen molar-refractivity contribution in [2.24, 2.45) is 0 Å². The van der Waals surface area contributed by atoms with Gasteiger partial charge in [0.15, 0.2) is 9.84 Å². The fourth-order valence-corrected chi connectivity index (χ4v) is 7.90. The van der Waals surface area contributed by atoms with Gasteiger partial charge in [0.1, 0.15) is 5.76 Å². The van der Waals surface area contributed by atoms with Crippen LogP contribution in [0.3, 0.4) is 0 Å². The first kappa shape index (κ1) is 20.6. The van der Waals surface area contributed by atoms with Crippen LogP contribution in [0.1, 0.15) is 55.8 Å². The fourth-order valence-electron chi connectivity index (χ4n) is 4.45. The van der Waals surface area contributed by atoms with Crippen molar-refractivity contribution in [3.05, 3.63) is 54.0 Å². The molecule has 4 rings (SSSR count). The Hall–Kier alpha value is -1.64. The maximum absolute atomic E-state index is 13.4. The van der Waals surface area contributed by atoms with E-state index >= 15 is 0 Å². The summed E-state index contributed by atoms with van der Waals surface area (Å²) in [4.78, 5) is 0.202. The van der Waals surface area contributed by atoms with Gasteiger partial charge in [0.05, 0.1) is 29.2 Å². The highest BCUT2D eigenvalue weighted by atomic mass is 32.2. The molecule has 0 amide bonds. The number of hydrogen-bond acceptors (Lipinski definition) is 5. The number of rotatable bonds is 6. The minimum atomic E-state index is -3.85. The molecular formula is C21H27NO5S2. The Bertz CT molecular complexity index is 1020. The molecule has 1 saturated heterocycles. The lowest BCUT2D eigenvalue weighted by atomic mass is 9.84. The second-order valence-electron chi connectivity index (χ2n) is 8.09. The molecule has 6 nitrogen and oxygen atoms in total. The highest BCUT2D eigenvalue weighted by molar-refractivity contribution is 7.92. The Morgan fingerprint density at radius 3 is 2.31 bits per heavy atom. The molecular weight excluding hydrogens is 410 g/mol. The summed E-state index contributed by atoms with van der Waals surface area (Å²) in [5, 5.41) is 0. The van der Waals surface area contributed by atoms with E-state index in [0.29, 0.717) is 18.1 Å². The van der Waals surface area contributed by atoms with Crippen molar-refractivity contribution < 1.29 is 21.3 Å². The van der Waals surface area contributed by atoms with E-state index in [0.717, 1.165) is 12.8 Å². The van der Waals surface area contributed by atoms with E-state index in [1.54, 1.807) is 24.3 Å². The van der Waals surface area contributed by atoms with Crippen molar-refractivity contribution in [3.8, 4) is 0 Å². The lowest BCUT2D eigenvalue weighted by Gasteiger charge is -2.27. The largest absolute Gasteiger partial charge is 0.468 e. The molecule has 1 aromatic carbocycles. The van der Waals surface area contributed by atoms with Crippen molar-refractivity contribution >= 4 is 19.9 Å². The molecule has 0 unspecified atom stereocenters. The first-order valence-corrected chi connectivity index (χ1v) is 13.5. The Kier molecular flexibility index (Phi) is 5.86. The summed E-state index contributed by atoms with van der Waals surface area (Å²) in [5.74, 6) is 0.867. The van der Waals surface area contributed by atoms with Gasteiger partial charge in [-0.1, -0.05) is 31.4 Å². The third-order valence-corrected chi connectivity index (χ3v) is 9.73. The van der Waals surface area contributed by atoms with Crippen LogP contribution in [0.4, 0.5) is 0 Å². The predicted octanol–water partition coefficient (Wildman–Crippen LogP) is 3.71. The van der Waals surface area contributed by atoms with Crippen LogP contribution in [-0.2, 0) is 26.4 Å². The van der Waals surface area contributed by atoms with E-state index in [9.17, 15) is 16.8 Å². The Morgan fingerprint density at radius 1 is 1.00 bits per heavy atom. The summed E-state index contributed by atoms with van der Waals surface area (Å²) in [7, 11) is -7.07. The number of nitrogens with zero attached hydrogens (tertiary/aromatic N) is 1. The highest BCUT2D eigenvalue weighted by Crippen LogP contribution is 2.34. The average molecular weight is 438 g/mol. The van der Waals surface area contributed by atoms with E-state index < -0.39 is 25.9 Å². The molecule has 2 heterocycles. The lowest BCUT2D eigenvalue weighted by molar-refractivity contribution is 0.307. The standard InChI is InChI=1S/C21H27NO5S2/c23-28(24)14-12-19(16-28)22(15-20-7-4-13-27-20)29(25,26)21-10-8-18(9-11-21)17-5-2-1-3-6-17/h4,7-11,13,17,19H,1-3,5-6,12,14-16H2/t19-/m0/s1. The van der Waals surface area contributed by atoms with Crippen molar-refractivity contribution in [1.29, 1.82) is 0 Å². The number of furan rings is 1. The Morgan fingerprint density at radius 2 is 1.72 bits per heavy atom. The Balaban J connectivity index is 1.61. The van der Waals surface area contributed by atoms with Gasteiger partial charge in [-0.2, -0.15) is 4.31 Å². The van der Waals surface area contributed by atoms with E-state index in [1.165, 1.54) is 35.4 Å². The summed E-state index contributed by atoms with van der Waals surface area (Å²) >= 11 is 0. The third-order valence-electron chi connectivity index (χ3n) is 6.07. The van der Waals surface area contributed by atoms with Gasteiger partial charge >= 0.3 is 0 Å². The normalized spacial score (nSPS) is 22.9. The van der Waals surface area contributed by atoms with Crippen molar-refractivity contribution in [2.45, 2.75) is 61.9 Å². The molecule has 2 fully saturated rings. The smallest absolute Gasteiger partial charge is 0.243 e. The summed E-state index contributed by atoms with van der Waals surface area (Å²) in [6, 6.07) is 9.99. The molecule has 1 atom stereocenters. The monoisotopic (exact) mass is 437 g/mol. The van der Waals surface area contributed by atoms with Gasteiger partial charge in [0.2, 0.25) is 10.0 Å². The van der Waals surface area contributed by atoms with Crippen LogP contribution in [0.25, 0.3) is 0 Å². The maximum atomic E-state index is 13.4. The summed E-state index contributed by atoms with van der Waals surface area (Å²) in [6.07, 6.45) is 7.81. The van der Waals surface area contributed by atoms with Crippen LogP contribution >= 0.6 is 0 Å². The molecule has 0 bridgehead atoms. The zero-order valence-electron chi connectivity index (χ0n) is 16.4. The lowest BCUT2D eigenvalue weighted by Crippen LogP contribution is -2.40. The van der Waals surface area contributed by atoms with Gasteiger partial charge in [-0.3, -0.25) is 0 Å². The molecule has 8 heteroatoms. The number of sulfonamides is 1. The second-order valence-corrected chi connectivity index (χ2v) is 12.2. The Labute approximate surface area is 172 Å². The van der Waals surface area contributed by atoms with Crippen molar-refractivity contribution in [3.63, 3.8) is 0 Å².